The molecule has 1 amide bonds. The molecule has 0 spiro atoms. The molecule has 1 saturated heterocycles. The van der Waals surface area contributed by atoms with Crippen LogP contribution in [0.15, 0.2) is 30.5 Å². The normalized spacial score (nSPS) is 17.5. The van der Waals surface area contributed by atoms with E-state index in [9.17, 15) is 18.0 Å². The third kappa shape index (κ3) is 4.92. The Balaban J connectivity index is 1.51. The van der Waals surface area contributed by atoms with Crippen molar-refractivity contribution in [3.63, 3.8) is 0 Å². The monoisotopic (exact) mass is 394 g/mol. The predicted octanol–water partition coefficient (Wildman–Crippen LogP) is 3.42. The van der Waals surface area contributed by atoms with Crippen molar-refractivity contribution in [1.82, 2.24) is 20.0 Å². The Hall–Kier alpha value is -2.35. The van der Waals surface area contributed by atoms with Gasteiger partial charge in [0.05, 0.1) is 11.3 Å². The van der Waals surface area contributed by atoms with Gasteiger partial charge in [0, 0.05) is 44.4 Å². The van der Waals surface area contributed by atoms with Crippen molar-refractivity contribution in [3.05, 3.63) is 52.8 Å². The summed E-state index contributed by atoms with van der Waals surface area (Å²) in [5, 5.41) is 7.52. The molecule has 0 aliphatic carbocycles. The fraction of sp³-hybridized carbons (Fsp3) is 0.500. The highest BCUT2D eigenvalue weighted by atomic mass is 19.4. The molecular weight excluding hydrogens is 369 g/mol. The smallest absolute Gasteiger partial charge is 0.335 e. The number of nitrogens with one attached hydrogen (secondary N) is 1. The molecule has 3 rings (SSSR count). The maximum absolute atomic E-state index is 12.8. The summed E-state index contributed by atoms with van der Waals surface area (Å²) in [4.78, 5) is 14.2. The van der Waals surface area contributed by atoms with E-state index in [-0.39, 0.29) is 11.9 Å². The molecule has 5 nitrogen and oxygen atoms in total. The molecule has 0 saturated carbocycles. The third-order valence-electron chi connectivity index (χ3n) is 5.15. The highest BCUT2D eigenvalue weighted by Gasteiger charge is 2.31. The first-order valence-corrected chi connectivity index (χ1v) is 9.39. The first kappa shape index (κ1) is 20.4. The molecule has 2 aromatic rings. The summed E-state index contributed by atoms with van der Waals surface area (Å²) < 4.78 is 40.1. The van der Waals surface area contributed by atoms with Gasteiger partial charge in [-0.1, -0.05) is 18.2 Å². The number of rotatable bonds is 7. The fourth-order valence-electron chi connectivity index (χ4n) is 3.66. The van der Waals surface area contributed by atoms with Gasteiger partial charge < -0.3 is 10.2 Å². The number of benzene rings is 1. The molecule has 1 aromatic carbocycles. The van der Waals surface area contributed by atoms with E-state index >= 15 is 0 Å². The number of halogens is 3. The number of carbonyl (C=O) groups excluding carboxylic acids is 1. The summed E-state index contributed by atoms with van der Waals surface area (Å²) in [7, 11) is 1.86. The third-order valence-corrected chi connectivity index (χ3v) is 5.15. The Morgan fingerprint density at radius 1 is 1.32 bits per heavy atom. The minimum Gasteiger partial charge on any atom is -0.335 e. The number of amides is 1. The molecule has 1 N–H and O–H groups in total. The SMILES string of the molecule is Cc1nn(C)cc1CN1C(=O)CCC1CCNCc1cccc(C(F)(F)F)c1. The lowest BCUT2D eigenvalue weighted by atomic mass is 10.1. The van der Waals surface area contributed by atoms with Crippen LogP contribution in [-0.2, 0) is 31.1 Å². The highest BCUT2D eigenvalue weighted by molar-refractivity contribution is 5.78. The maximum Gasteiger partial charge on any atom is 0.416 e. The van der Waals surface area contributed by atoms with Crippen molar-refractivity contribution in [2.75, 3.05) is 6.54 Å². The summed E-state index contributed by atoms with van der Waals surface area (Å²) in [6.07, 6.45) is -0.278. The Morgan fingerprint density at radius 2 is 2.11 bits per heavy atom. The summed E-state index contributed by atoms with van der Waals surface area (Å²) in [5.41, 5.74) is 1.93. The zero-order valence-corrected chi connectivity index (χ0v) is 16.1. The molecule has 28 heavy (non-hydrogen) atoms. The molecule has 0 radical (unpaired) electrons. The van der Waals surface area contributed by atoms with E-state index in [1.54, 1.807) is 10.7 Å². The minimum atomic E-state index is -4.33. The molecule has 152 valence electrons. The van der Waals surface area contributed by atoms with E-state index in [1.807, 2.05) is 25.1 Å². The van der Waals surface area contributed by atoms with Gasteiger partial charge in [0.1, 0.15) is 0 Å². The predicted molar refractivity (Wildman–Crippen MR) is 99.3 cm³/mol. The Labute approximate surface area is 162 Å². The van der Waals surface area contributed by atoms with Gasteiger partial charge in [-0.15, -0.1) is 0 Å². The van der Waals surface area contributed by atoms with Gasteiger partial charge in [0.2, 0.25) is 5.91 Å². The maximum atomic E-state index is 12.8. The van der Waals surface area contributed by atoms with Gasteiger partial charge in [0.25, 0.3) is 0 Å². The summed E-state index contributed by atoms with van der Waals surface area (Å²) in [6.45, 7) is 3.49. The van der Waals surface area contributed by atoms with Crippen molar-refractivity contribution in [3.8, 4) is 0 Å². The van der Waals surface area contributed by atoms with E-state index in [1.165, 1.54) is 12.1 Å². The van der Waals surface area contributed by atoms with Crippen LogP contribution in [0.4, 0.5) is 13.2 Å². The Bertz CT molecular complexity index is 831. The molecular formula is C20H25F3N4O. The molecule has 2 heterocycles. The number of alkyl halides is 3. The van der Waals surface area contributed by atoms with Gasteiger partial charge in [-0.2, -0.15) is 18.3 Å². The van der Waals surface area contributed by atoms with Crippen molar-refractivity contribution >= 4 is 5.91 Å². The van der Waals surface area contributed by atoms with Gasteiger partial charge >= 0.3 is 6.18 Å². The summed E-state index contributed by atoms with van der Waals surface area (Å²) in [5.74, 6) is 0.145. The van der Waals surface area contributed by atoms with Gasteiger partial charge in [-0.25, -0.2) is 0 Å². The van der Waals surface area contributed by atoms with Crippen LogP contribution in [-0.4, -0.2) is 33.2 Å². The molecule has 1 aromatic heterocycles. The second-order valence-corrected chi connectivity index (χ2v) is 7.29. The molecule has 1 aliphatic rings. The molecule has 0 bridgehead atoms. The van der Waals surface area contributed by atoms with Crippen molar-refractivity contribution in [1.29, 1.82) is 0 Å². The molecule has 1 fully saturated rings. The van der Waals surface area contributed by atoms with Crippen molar-refractivity contribution in [2.45, 2.75) is 51.5 Å². The zero-order chi connectivity index (χ0) is 20.3. The van der Waals surface area contributed by atoms with E-state index in [2.05, 4.69) is 10.4 Å². The van der Waals surface area contributed by atoms with Crippen LogP contribution in [0, 0.1) is 6.92 Å². The van der Waals surface area contributed by atoms with Crippen LogP contribution in [0.3, 0.4) is 0 Å². The number of aromatic nitrogens is 2. The molecule has 8 heteroatoms. The molecule has 1 aliphatic heterocycles. The quantitative estimate of drug-likeness (QED) is 0.732. The van der Waals surface area contributed by atoms with E-state index in [0.29, 0.717) is 31.6 Å². The number of likely N-dealkylation sites (tertiary alicyclic amines) is 1. The lowest BCUT2D eigenvalue weighted by Crippen LogP contribution is -2.34. The van der Waals surface area contributed by atoms with Crippen molar-refractivity contribution < 1.29 is 18.0 Å². The zero-order valence-electron chi connectivity index (χ0n) is 16.1. The lowest BCUT2D eigenvalue weighted by molar-refractivity contribution is -0.137. The highest BCUT2D eigenvalue weighted by Crippen LogP contribution is 2.29. The van der Waals surface area contributed by atoms with Crippen LogP contribution in [0.1, 0.15) is 41.6 Å². The fourth-order valence-corrected chi connectivity index (χ4v) is 3.66. The average Bonchev–Trinajstić information content (AvgIpc) is 3.14. The topological polar surface area (TPSA) is 50.2 Å². The molecule has 1 unspecified atom stereocenters. The number of hydrogen-bond donors (Lipinski definition) is 1. The number of carbonyl (C=O) groups is 1. The van der Waals surface area contributed by atoms with Gasteiger partial charge in [-0.05, 0) is 37.9 Å². The van der Waals surface area contributed by atoms with E-state index in [4.69, 9.17) is 0 Å². The summed E-state index contributed by atoms with van der Waals surface area (Å²) in [6, 6.07) is 5.49. The molecule has 1 atom stereocenters. The Morgan fingerprint density at radius 3 is 2.79 bits per heavy atom. The van der Waals surface area contributed by atoms with Crippen molar-refractivity contribution in [2.24, 2.45) is 7.05 Å². The second-order valence-electron chi connectivity index (χ2n) is 7.29. The van der Waals surface area contributed by atoms with Crippen LogP contribution < -0.4 is 5.32 Å². The number of nitrogens with zero attached hydrogens (tertiary/aromatic N) is 3. The van der Waals surface area contributed by atoms with Gasteiger partial charge in [-0.3, -0.25) is 9.48 Å². The van der Waals surface area contributed by atoms with Crippen LogP contribution in [0.5, 0.6) is 0 Å². The summed E-state index contributed by atoms with van der Waals surface area (Å²) >= 11 is 0. The van der Waals surface area contributed by atoms with E-state index < -0.39 is 11.7 Å². The number of aryl methyl sites for hydroxylation is 2. The van der Waals surface area contributed by atoms with Crippen LogP contribution in [0.2, 0.25) is 0 Å². The second kappa shape index (κ2) is 8.34. The first-order chi connectivity index (χ1) is 13.2. The van der Waals surface area contributed by atoms with Gasteiger partial charge in [0.15, 0.2) is 0 Å². The Kier molecular flexibility index (Phi) is 6.07. The standard InChI is InChI=1S/C20H25F3N4O/c1-14-16(12-26(2)25-14)13-27-18(6-7-19(27)28)8-9-24-11-15-4-3-5-17(10-15)20(21,22)23/h3-5,10,12,18,24H,6-9,11,13H2,1-2H3. The number of hydrogen-bond acceptors (Lipinski definition) is 3. The van der Waals surface area contributed by atoms with Crippen LogP contribution >= 0.6 is 0 Å². The first-order valence-electron chi connectivity index (χ1n) is 9.39. The average molecular weight is 394 g/mol. The minimum absolute atomic E-state index is 0.140. The van der Waals surface area contributed by atoms with Crippen LogP contribution in [0.25, 0.3) is 0 Å². The lowest BCUT2D eigenvalue weighted by Gasteiger charge is -2.25. The van der Waals surface area contributed by atoms with E-state index in [0.717, 1.165) is 30.2 Å². The largest absolute Gasteiger partial charge is 0.416 e.